The molecule has 2 aromatic rings. The zero-order valence-electron chi connectivity index (χ0n) is 25.3. The van der Waals surface area contributed by atoms with Gasteiger partial charge in [-0.15, -0.1) is 0 Å². The van der Waals surface area contributed by atoms with Crippen LogP contribution in [0.25, 0.3) is 0 Å². The zero-order chi connectivity index (χ0) is 30.8. The molecule has 2 N–H and O–H groups in total. The lowest BCUT2D eigenvalue weighted by Gasteiger charge is -2.24. The lowest BCUT2D eigenvalue weighted by atomic mass is 10.0. The van der Waals surface area contributed by atoms with E-state index in [1.165, 1.54) is 12.5 Å². The highest BCUT2D eigenvalue weighted by atomic mass is 16.5. The molecule has 0 saturated heterocycles. The van der Waals surface area contributed by atoms with E-state index < -0.39 is 18.1 Å². The Balaban J connectivity index is 1.30. The van der Waals surface area contributed by atoms with Crippen molar-refractivity contribution in [1.82, 2.24) is 0 Å². The Morgan fingerprint density at radius 1 is 1.02 bits per heavy atom. The number of para-hydroxylation sites is 1. The first-order valence-corrected chi connectivity index (χ1v) is 15.2. The molecule has 0 fully saturated rings. The number of nitrogens with two attached hydrogens (primary N) is 1. The Morgan fingerprint density at radius 3 is 2.49 bits per heavy atom. The quantitative estimate of drug-likeness (QED) is 0.207. The molecule has 2 aliphatic rings. The monoisotopic (exact) mass is 594 g/mol. The van der Waals surface area contributed by atoms with Crippen LogP contribution >= 0.6 is 0 Å². The number of primary amides is 1. The van der Waals surface area contributed by atoms with Crippen LogP contribution in [0.3, 0.4) is 0 Å². The van der Waals surface area contributed by atoms with Gasteiger partial charge in [-0.05, 0) is 55.4 Å². The van der Waals surface area contributed by atoms with E-state index in [9.17, 15) is 19.3 Å². The van der Waals surface area contributed by atoms with Crippen molar-refractivity contribution in [2.24, 2.45) is 5.73 Å². The highest BCUT2D eigenvalue weighted by Crippen LogP contribution is 2.39. The molecule has 0 bridgehead atoms. The number of benzene rings is 2. The third-order valence-corrected chi connectivity index (χ3v) is 8.11. The van der Waals surface area contributed by atoms with Gasteiger partial charge in [-0.2, -0.15) is 0 Å². The van der Waals surface area contributed by atoms with Gasteiger partial charge in [-0.1, -0.05) is 42.5 Å². The van der Waals surface area contributed by atoms with Gasteiger partial charge < -0.3 is 24.8 Å². The fourth-order valence-electron chi connectivity index (χ4n) is 5.89. The van der Waals surface area contributed by atoms with Crippen molar-refractivity contribution in [3.63, 3.8) is 0 Å². The topological polar surface area (TPSA) is 128 Å². The molecule has 2 aromatic carbocycles. The first-order chi connectivity index (χ1) is 20.7. The number of anilines is 1. The Morgan fingerprint density at radius 2 is 1.74 bits per heavy atom. The molecule has 10 nitrogen and oxygen atoms in total. The van der Waals surface area contributed by atoms with E-state index in [4.69, 9.17) is 19.9 Å². The number of carbonyl (C=O) groups is 3. The maximum absolute atomic E-state index is 13.6. The minimum absolute atomic E-state index is 0.00560. The third kappa shape index (κ3) is 9.26. The third-order valence-electron chi connectivity index (χ3n) is 8.11. The van der Waals surface area contributed by atoms with Crippen LogP contribution in [0.5, 0.6) is 0 Å². The second kappa shape index (κ2) is 15.8. The summed E-state index contributed by atoms with van der Waals surface area (Å²) in [6.45, 7) is 5.27. The van der Waals surface area contributed by atoms with Gasteiger partial charge in [-0.3, -0.25) is 14.4 Å². The van der Waals surface area contributed by atoms with Gasteiger partial charge >= 0.3 is 0 Å². The van der Waals surface area contributed by atoms with Crippen LogP contribution < -0.4 is 10.6 Å². The average Bonchev–Trinajstić information content (AvgIpc) is 3.24. The van der Waals surface area contributed by atoms with Crippen LogP contribution in [0.1, 0.15) is 61.8 Å². The van der Waals surface area contributed by atoms with E-state index >= 15 is 0 Å². The number of aryl methyl sites for hydroxylation is 1. The van der Waals surface area contributed by atoms with Crippen molar-refractivity contribution in [2.45, 2.75) is 83.6 Å². The summed E-state index contributed by atoms with van der Waals surface area (Å²) in [6, 6.07) is 13.3. The van der Waals surface area contributed by atoms with Gasteiger partial charge in [0.2, 0.25) is 24.4 Å². The summed E-state index contributed by atoms with van der Waals surface area (Å²) in [7, 11) is 0. The highest BCUT2D eigenvalue weighted by molar-refractivity contribution is 5.98. The van der Waals surface area contributed by atoms with Gasteiger partial charge in [0.05, 0.1) is 32.1 Å². The Kier molecular flexibility index (Phi) is 12.0. The van der Waals surface area contributed by atoms with E-state index in [0.29, 0.717) is 39.3 Å². The van der Waals surface area contributed by atoms with Crippen LogP contribution in [0, 0.1) is 4.91 Å². The molecule has 0 unspecified atom stereocenters. The number of Topliss-reactive ketones (excluding diaryl/α,β-unsaturated/α-hetero) is 1. The molecule has 10 heteroatoms. The van der Waals surface area contributed by atoms with Crippen molar-refractivity contribution < 1.29 is 33.4 Å². The molecule has 0 aromatic heterocycles. The number of hydrogen-bond acceptors (Lipinski definition) is 7. The van der Waals surface area contributed by atoms with Crippen LogP contribution in [0.2, 0.25) is 0 Å². The van der Waals surface area contributed by atoms with Crippen LogP contribution in [-0.4, -0.2) is 73.5 Å². The molecule has 0 radical (unpaired) electrons. The molecule has 2 heterocycles. The number of rotatable bonds is 18. The predicted octanol–water partition coefficient (Wildman–Crippen LogP) is 3.46. The molecule has 2 amide bonds. The van der Waals surface area contributed by atoms with Gasteiger partial charge in [0.25, 0.3) is 0 Å². The summed E-state index contributed by atoms with van der Waals surface area (Å²) in [6.07, 6.45) is 3.41. The van der Waals surface area contributed by atoms with E-state index in [0.717, 1.165) is 46.4 Å². The molecule has 0 saturated carbocycles. The second-order valence-electron chi connectivity index (χ2n) is 11.5. The predicted molar refractivity (Wildman–Crippen MR) is 162 cm³/mol. The number of nitrogens with zero attached hydrogens (tertiary/aromatic N) is 2. The van der Waals surface area contributed by atoms with Crippen LogP contribution in [-0.2, 0) is 54.5 Å². The van der Waals surface area contributed by atoms with Gasteiger partial charge in [-0.25, -0.2) is 0 Å². The van der Waals surface area contributed by atoms with Gasteiger partial charge in [0.15, 0.2) is 5.78 Å². The number of ketones is 1. The van der Waals surface area contributed by atoms with Crippen molar-refractivity contribution in [3.8, 4) is 0 Å². The van der Waals surface area contributed by atoms with E-state index in [-0.39, 0.29) is 43.7 Å². The Bertz CT molecular complexity index is 1280. The van der Waals surface area contributed by atoms with E-state index in [2.05, 4.69) is 6.07 Å². The second-order valence-corrected chi connectivity index (χ2v) is 11.5. The molecule has 2 aliphatic heterocycles. The maximum atomic E-state index is 13.6. The summed E-state index contributed by atoms with van der Waals surface area (Å²) < 4.78 is 17.9. The molecule has 0 aliphatic carbocycles. The number of nitroso groups, excluding NO2 is 1. The summed E-state index contributed by atoms with van der Waals surface area (Å²) in [5.41, 5.74) is 10.8. The smallest absolute Gasteiger partial charge is 0.227 e. The van der Waals surface area contributed by atoms with Gasteiger partial charge in [0, 0.05) is 35.4 Å². The standard InChI is InChI=1S/C33H43N3O7/c1-23(37)21-42-18-17-41-16-15-25-9-11-26(12-10-25)22-43-24(2)30(13-14-31(34)38)35(40)20-29-19-28-7-3-5-27-6-4-8-32(39)36(29)33(27)28/h3,5,7,9-12,24,29-30H,4,6,8,13-22H2,1-2H3,(H-,34,38)/p+1/t24-,29+,30+/m1/s1. The Labute approximate surface area is 253 Å². The maximum Gasteiger partial charge on any atom is 0.227 e. The number of carbonyl (C=O) groups excluding carboxylic acids is 3. The zero-order valence-corrected chi connectivity index (χ0v) is 25.3. The molecule has 4 rings (SSSR count). The Hall–Kier alpha value is -3.47. The lowest BCUT2D eigenvalue weighted by Crippen LogP contribution is -2.46. The fraction of sp³-hybridized carbons (Fsp3) is 0.545. The fourth-order valence-corrected chi connectivity index (χ4v) is 5.89. The minimum atomic E-state index is -0.589. The number of amides is 2. The molecule has 0 spiro atoms. The largest absolute Gasteiger partial charge is 0.379 e. The van der Waals surface area contributed by atoms with Crippen molar-refractivity contribution in [1.29, 1.82) is 0 Å². The minimum Gasteiger partial charge on any atom is -0.379 e. The van der Waals surface area contributed by atoms with Crippen LogP contribution in [0.4, 0.5) is 5.69 Å². The highest BCUT2D eigenvalue weighted by Gasteiger charge is 2.42. The van der Waals surface area contributed by atoms with Crippen molar-refractivity contribution in [3.05, 3.63) is 69.6 Å². The number of ether oxygens (including phenoxy) is 3. The lowest BCUT2D eigenvalue weighted by molar-refractivity contribution is -0.598. The normalized spacial score (nSPS) is 17.3. The molecular formula is C33H44N3O7+. The molecular weight excluding hydrogens is 550 g/mol. The van der Waals surface area contributed by atoms with E-state index in [1.807, 2.05) is 48.2 Å². The van der Waals surface area contributed by atoms with Crippen molar-refractivity contribution in [2.75, 3.05) is 37.9 Å². The molecule has 43 heavy (non-hydrogen) atoms. The van der Waals surface area contributed by atoms with E-state index in [1.54, 1.807) is 0 Å². The SMILES string of the molecule is CC(=O)COCCOCCc1ccc(CO[C@H](C)[C@H](CCC(N)=O)[N+](=O)C[C@@H]2Cc3cccc4c3N2C(=O)CCC4)cc1. The summed E-state index contributed by atoms with van der Waals surface area (Å²) in [4.78, 5) is 51.0. The summed E-state index contributed by atoms with van der Waals surface area (Å²) in [5.74, 6) is -0.405. The molecule has 3 atom stereocenters. The summed E-state index contributed by atoms with van der Waals surface area (Å²) in [5, 5.41) is 0. The van der Waals surface area contributed by atoms with Gasteiger partial charge in [0.1, 0.15) is 18.8 Å². The summed E-state index contributed by atoms with van der Waals surface area (Å²) >= 11 is 0. The first-order valence-electron chi connectivity index (χ1n) is 15.2. The first kappa shape index (κ1) is 32.4. The van der Waals surface area contributed by atoms with Crippen LogP contribution in [0.15, 0.2) is 42.5 Å². The molecule has 232 valence electrons. The van der Waals surface area contributed by atoms with Crippen molar-refractivity contribution >= 4 is 23.3 Å². The number of hydrogen-bond donors (Lipinski definition) is 1. The average molecular weight is 595 g/mol.